The summed E-state index contributed by atoms with van der Waals surface area (Å²) in [6.45, 7) is 5.50. The highest BCUT2D eigenvalue weighted by Crippen LogP contribution is 2.16. The molecule has 0 fully saturated rings. The Morgan fingerprint density at radius 3 is 2.35 bits per heavy atom. The van der Waals surface area contributed by atoms with Crippen molar-refractivity contribution in [2.75, 3.05) is 6.61 Å². The Kier molecular flexibility index (Phi) is 4.97. The molecule has 1 aromatic carbocycles. The Labute approximate surface area is 102 Å². The number of amides is 1. The molecule has 4 heteroatoms. The Morgan fingerprint density at radius 1 is 1.29 bits per heavy atom. The maximum absolute atomic E-state index is 11.3. The monoisotopic (exact) mass is 237 g/mol. The third kappa shape index (κ3) is 4.87. The molecule has 1 rings (SSSR count). The summed E-state index contributed by atoms with van der Waals surface area (Å²) in [5, 5.41) is 12.1. The van der Waals surface area contributed by atoms with Crippen LogP contribution in [0, 0.1) is 0 Å². The molecule has 0 saturated carbocycles. The third-order valence-electron chi connectivity index (χ3n) is 2.18. The smallest absolute Gasteiger partial charge is 0.258 e. The quantitative estimate of drug-likeness (QED) is 0.818. The lowest BCUT2D eigenvalue weighted by Gasteiger charge is -2.10. The number of ether oxygens (including phenoxy) is 1. The highest BCUT2D eigenvalue weighted by molar-refractivity contribution is 5.77. The summed E-state index contributed by atoms with van der Waals surface area (Å²) >= 11 is 0. The van der Waals surface area contributed by atoms with Crippen LogP contribution in [0.3, 0.4) is 0 Å². The number of hydrogen-bond acceptors (Lipinski definition) is 3. The molecule has 0 bridgehead atoms. The van der Waals surface area contributed by atoms with Crippen LogP contribution in [0.5, 0.6) is 5.75 Å². The van der Waals surface area contributed by atoms with E-state index in [2.05, 4.69) is 5.32 Å². The van der Waals surface area contributed by atoms with Crippen molar-refractivity contribution in [2.24, 2.45) is 0 Å². The zero-order valence-corrected chi connectivity index (χ0v) is 10.4. The lowest BCUT2D eigenvalue weighted by atomic mass is 10.1. The molecule has 1 amide bonds. The van der Waals surface area contributed by atoms with E-state index < -0.39 is 6.10 Å². The number of aliphatic hydroxyl groups is 1. The molecule has 1 atom stereocenters. The average molecular weight is 237 g/mol. The average Bonchev–Trinajstić information content (AvgIpc) is 2.26. The number of carbonyl (C=O) groups excluding carboxylic acids is 1. The Morgan fingerprint density at radius 2 is 1.88 bits per heavy atom. The minimum absolute atomic E-state index is 0.00616. The second-order valence-corrected chi connectivity index (χ2v) is 4.26. The van der Waals surface area contributed by atoms with Gasteiger partial charge < -0.3 is 15.2 Å². The lowest BCUT2D eigenvalue weighted by Crippen LogP contribution is -2.34. The molecule has 0 radical (unpaired) electrons. The lowest BCUT2D eigenvalue weighted by molar-refractivity contribution is -0.123. The highest BCUT2D eigenvalue weighted by Gasteiger charge is 2.05. The zero-order chi connectivity index (χ0) is 12.8. The molecule has 0 aromatic heterocycles. The zero-order valence-electron chi connectivity index (χ0n) is 10.4. The van der Waals surface area contributed by atoms with Gasteiger partial charge in [0.1, 0.15) is 5.75 Å². The number of carbonyl (C=O) groups is 1. The number of aliphatic hydroxyl groups excluding tert-OH is 1. The van der Waals surface area contributed by atoms with Crippen LogP contribution in [-0.4, -0.2) is 23.7 Å². The first-order valence-corrected chi connectivity index (χ1v) is 5.69. The van der Waals surface area contributed by atoms with E-state index >= 15 is 0 Å². The predicted octanol–water partition coefficient (Wildman–Crippen LogP) is 1.64. The molecule has 0 unspecified atom stereocenters. The van der Waals surface area contributed by atoms with Gasteiger partial charge in [-0.15, -0.1) is 0 Å². The summed E-state index contributed by atoms with van der Waals surface area (Å²) in [6.07, 6.45) is -0.492. The van der Waals surface area contributed by atoms with Crippen molar-refractivity contribution in [3.8, 4) is 5.75 Å². The largest absolute Gasteiger partial charge is 0.484 e. The summed E-state index contributed by atoms with van der Waals surface area (Å²) in [7, 11) is 0. The first-order valence-electron chi connectivity index (χ1n) is 5.69. The standard InChI is InChI=1S/C13H19NO3/c1-9(2)14-13(16)8-17-12-6-4-11(5-7-12)10(3)15/h4-7,9-10,15H,8H2,1-3H3,(H,14,16)/t10-/m1/s1. The molecule has 0 aliphatic rings. The van der Waals surface area contributed by atoms with Gasteiger partial charge in [-0.2, -0.15) is 0 Å². The molecule has 0 spiro atoms. The number of benzene rings is 1. The van der Waals surface area contributed by atoms with E-state index in [4.69, 9.17) is 4.74 Å². The van der Waals surface area contributed by atoms with Gasteiger partial charge in [0, 0.05) is 6.04 Å². The maximum Gasteiger partial charge on any atom is 0.258 e. The van der Waals surface area contributed by atoms with Gasteiger partial charge in [0.15, 0.2) is 6.61 Å². The molecule has 17 heavy (non-hydrogen) atoms. The summed E-state index contributed by atoms with van der Waals surface area (Å²) in [4.78, 5) is 11.3. The summed E-state index contributed by atoms with van der Waals surface area (Å²) in [5.74, 6) is 0.480. The molecular weight excluding hydrogens is 218 g/mol. The van der Waals surface area contributed by atoms with E-state index in [9.17, 15) is 9.90 Å². The van der Waals surface area contributed by atoms with Gasteiger partial charge >= 0.3 is 0 Å². The first-order chi connectivity index (χ1) is 7.99. The molecule has 0 heterocycles. The minimum Gasteiger partial charge on any atom is -0.484 e. The second kappa shape index (κ2) is 6.25. The molecule has 0 saturated heterocycles. The van der Waals surface area contributed by atoms with Gasteiger partial charge in [-0.1, -0.05) is 12.1 Å². The van der Waals surface area contributed by atoms with E-state index in [1.807, 2.05) is 13.8 Å². The van der Waals surface area contributed by atoms with Crippen molar-refractivity contribution in [1.29, 1.82) is 0 Å². The van der Waals surface area contributed by atoms with E-state index in [0.717, 1.165) is 5.56 Å². The SMILES string of the molecule is CC(C)NC(=O)COc1ccc([C@@H](C)O)cc1. The van der Waals surface area contributed by atoms with E-state index in [-0.39, 0.29) is 18.6 Å². The van der Waals surface area contributed by atoms with Crippen LogP contribution < -0.4 is 10.1 Å². The van der Waals surface area contributed by atoms with Gasteiger partial charge in [0.2, 0.25) is 0 Å². The van der Waals surface area contributed by atoms with Crippen LogP contribution in [0.1, 0.15) is 32.4 Å². The third-order valence-corrected chi connectivity index (χ3v) is 2.18. The van der Waals surface area contributed by atoms with Gasteiger partial charge in [0.25, 0.3) is 5.91 Å². The van der Waals surface area contributed by atoms with Crippen LogP contribution in [0.25, 0.3) is 0 Å². The molecule has 94 valence electrons. The van der Waals surface area contributed by atoms with Gasteiger partial charge in [0.05, 0.1) is 6.10 Å². The van der Waals surface area contributed by atoms with Gasteiger partial charge in [-0.3, -0.25) is 4.79 Å². The van der Waals surface area contributed by atoms with Crippen molar-refractivity contribution >= 4 is 5.91 Å². The summed E-state index contributed by atoms with van der Waals surface area (Å²) in [5.41, 5.74) is 0.823. The summed E-state index contributed by atoms with van der Waals surface area (Å²) < 4.78 is 5.31. The normalized spacial score (nSPS) is 12.3. The fourth-order valence-electron chi connectivity index (χ4n) is 1.36. The van der Waals surface area contributed by atoms with Crippen molar-refractivity contribution in [2.45, 2.75) is 32.9 Å². The molecule has 0 aliphatic carbocycles. The van der Waals surface area contributed by atoms with Crippen LogP contribution in [0.15, 0.2) is 24.3 Å². The Hall–Kier alpha value is -1.55. The molecule has 1 aromatic rings. The summed E-state index contributed by atoms with van der Waals surface area (Å²) in [6, 6.07) is 7.15. The first kappa shape index (κ1) is 13.5. The Balaban J connectivity index is 2.44. The molecule has 2 N–H and O–H groups in total. The van der Waals surface area contributed by atoms with E-state index in [1.54, 1.807) is 31.2 Å². The number of nitrogens with one attached hydrogen (secondary N) is 1. The minimum atomic E-state index is -0.492. The highest BCUT2D eigenvalue weighted by atomic mass is 16.5. The van der Waals surface area contributed by atoms with Gasteiger partial charge in [-0.05, 0) is 38.5 Å². The maximum atomic E-state index is 11.3. The molecule has 0 aliphatic heterocycles. The van der Waals surface area contributed by atoms with Crippen molar-refractivity contribution in [1.82, 2.24) is 5.32 Å². The fraction of sp³-hybridized carbons (Fsp3) is 0.462. The van der Waals surface area contributed by atoms with Crippen molar-refractivity contribution < 1.29 is 14.6 Å². The van der Waals surface area contributed by atoms with Crippen molar-refractivity contribution in [3.05, 3.63) is 29.8 Å². The Bertz CT molecular complexity index is 357. The van der Waals surface area contributed by atoms with Crippen LogP contribution in [0.2, 0.25) is 0 Å². The molecule has 4 nitrogen and oxygen atoms in total. The van der Waals surface area contributed by atoms with Crippen molar-refractivity contribution in [3.63, 3.8) is 0 Å². The fourth-order valence-corrected chi connectivity index (χ4v) is 1.36. The van der Waals surface area contributed by atoms with E-state index in [0.29, 0.717) is 5.75 Å². The predicted molar refractivity (Wildman–Crippen MR) is 65.8 cm³/mol. The van der Waals surface area contributed by atoms with E-state index in [1.165, 1.54) is 0 Å². The van der Waals surface area contributed by atoms with Crippen LogP contribution in [-0.2, 0) is 4.79 Å². The second-order valence-electron chi connectivity index (χ2n) is 4.26. The number of rotatable bonds is 5. The molecular formula is C13H19NO3. The van der Waals surface area contributed by atoms with Crippen LogP contribution in [0.4, 0.5) is 0 Å². The van der Waals surface area contributed by atoms with Crippen LogP contribution >= 0.6 is 0 Å². The topological polar surface area (TPSA) is 58.6 Å². The number of hydrogen-bond donors (Lipinski definition) is 2. The van der Waals surface area contributed by atoms with Gasteiger partial charge in [-0.25, -0.2) is 0 Å².